The Bertz CT molecular complexity index is 668. The van der Waals surface area contributed by atoms with Crippen LogP contribution in [0, 0.1) is 10.1 Å². The molecule has 0 saturated heterocycles. The Morgan fingerprint density at radius 3 is 2.29 bits per heavy atom. The molecule has 0 amide bonds. The summed E-state index contributed by atoms with van der Waals surface area (Å²) in [5.41, 5.74) is 0.533. The molecule has 0 fully saturated rings. The van der Waals surface area contributed by atoms with Crippen LogP contribution in [-0.2, 0) is 0 Å². The second-order valence-corrected chi connectivity index (χ2v) is 7.00. The van der Waals surface area contributed by atoms with E-state index in [9.17, 15) is 14.9 Å². The van der Waals surface area contributed by atoms with E-state index in [2.05, 4.69) is 47.8 Å². The number of carbonyl (C=O) groups is 1. The van der Waals surface area contributed by atoms with E-state index in [-0.39, 0.29) is 11.7 Å². The van der Waals surface area contributed by atoms with Crippen molar-refractivity contribution in [1.82, 2.24) is 0 Å². The third-order valence-electron chi connectivity index (χ3n) is 2.70. The Balaban J connectivity index is 2.17. The highest BCUT2D eigenvalue weighted by Crippen LogP contribution is 2.35. The second-order valence-electron chi connectivity index (χ2n) is 4.11. The molecule has 1 heterocycles. The minimum Gasteiger partial charge on any atom is -0.405 e. The van der Waals surface area contributed by atoms with Crippen molar-refractivity contribution in [2.24, 2.45) is 0 Å². The van der Waals surface area contributed by atoms with Gasteiger partial charge in [-0.1, -0.05) is 59.9 Å². The maximum atomic E-state index is 12.3. The first-order valence-corrected chi connectivity index (χ1v) is 8.34. The minimum absolute atomic E-state index is 0.150. The van der Waals surface area contributed by atoms with E-state index in [4.69, 9.17) is 4.42 Å². The zero-order valence-corrected chi connectivity index (χ0v) is 15.1. The van der Waals surface area contributed by atoms with Crippen molar-refractivity contribution in [3.63, 3.8) is 0 Å². The van der Waals surface area contributed by atoms with Crippen LogP contribution in [0.15, 0.2) is 45.3 Å². The van der Waals surface area contributed by atoms with Gasteiger partial charge in [0.15, 0.2) is 5.78 Å². The number of hydrogen-bond acceptors (Lipinski definition) is 4. The van der Waals surface area contributed by atoms with E-state index in [0.29, 0.717) is 11.3 Å². The molecule has 5 nitrogen and oxygen atoms in total. The highest BCUT2D eigenvalue weighted by Gasteiger charge is 2.29. The number of ketones is 1. The second kappa shape index (κ2) is 6.85. The van der Waals surface area contributed by atoms with Crippen molar-refractivity contribution in [3.8, 4) is 0 Å². The van der Waals surface area contributed by atoms with Crippen LogP contribution >= 0.6 is 47.8 Å². The van der Waals surface area contributed by atoms with Gasteiger partial charge in [-0.05, 0) is 18.2 Å². The number of carbonyl (C=O) groups excluding carboxylic acids is 1. The van der Waals surface area contributed by atoms with Gasteiger partial charge in [0, 0.05) is 10.0 Å². The van der Waals surface area contributed by atoms with Gasteiger partial charge in [-0.25, -0.2) is 0 Å². The molecule has 1 aromatic heterocycles. The van der Waals surface area contributed by atoms with Crippen LogP contribution in [0.4, 0.5) is 5.88 Å². The third-order valence-corrected chi connectivity index (χ3v) is 5.86. The molecular formula is C13H8Br3NO4. The smallest absolute Gasteiger partial charge is 0.405 e. The minimum atomic E-state index is -0.622. The number of hydrogen-bond donors (Lipinski definition) is 0. The van der Waals surface area contributed by atoms with Crippen molar-refractivity contribution < 1.29 is 14.1 Å². The first-order chi connectivity index (χ1) is 9.90. The van der Waals surface area contributed by atoms with Crippen LogP contribution in [0.2, 0.25) is 0 Å². The molecule has 2 aromatic rings. The van der Waals surface area contributed by atoms with Crippen molar-refractivity contribution in [2.45, 2.75) is 9.65 Å². The Morgan fingerprint density at radius 2 is 1.76 bits per heavy atom. The number of halogens is 3. The summed E-state index contributed by atoms with van der Waals surface area (Å²) in [5.74, 6) is -0.192. The molecule has 8 heteroatoms. The van der Waals surface area contributed by atoms with Crippen molar-refractivity contribution in [1.29, 1.82) is 0 Å². The van der Waals surface area contributed by atoms with Gasteiger partial charge in [-0.15, -0.1) is 0 Å². The van der Waals surface area contributed by atoms with Crippen molar-refractivity contribution in [3.05, 3.63) is 62.3 Å². The predicted octanol–water partition coefficient (Wildman–Crippen LogP) is 5.03. The monoisotopic (exact) mass is 479 g/mol. The van der Waals surface area contributed by atoms with Gasteiger partial charge in [-0.2, -0.15) is 0 Å². The van der Waals surface area contributed by atoms with Crippen LogP contribution in [-0.4, -0.2) is 15.5 Å². The molecule has 110 valence electrons. The van der Waals surface area contributed by atoms with E-state index in [0.717, 1.165) is 4.47 Å². The largest absolute Gasteiger partial charge is 0.433 e. The lowest BCUT2D eigenvalue weighted by Gasteiger charge is -2.13. The Kier molecular flexibility index (Phi) is 5.34. The van der Waals surface area contributed by atoms with Gasteiger partial charge in [0.1, 0.15) is 10.7 Å². The van der Waals surface area contributed by atoms with E-state index in [1.807, 2.05) is 0 Å². The Morgan fingerprint density at radius 1 is 1.14 bits per heavy atom. The van der Waals surface area contributed by atoms with Crippen molar-refractivity contribution in [2.75, 3.05) is 0 Å². The zero-order chi connectivity index (χ0) is 15.6. The third kappa shape index (κ3) is 3.81. The quantitative estimate of drug-likeness (QED) is 0.260. The van der Waals surface area contributed by atoms with Gasteiger partial charge >= 0.3 is 5.88 Å². The normalized spacial score (nSPS) is 13.7. The van der Waals surface area contributed by atoms with Crippen LogP contribution in [0.1, 0.15) is 20.9 Å². The number of nitro groups is 1. The molecule has 0 N–H and O–H groups in total. The lowest BCUT2D eigenvalue weighted by atomic mass is 10.1. The predicted molar refractivity (Wildman–Crippen MR) is 88.2 cm³/mol. The molecule has 21 heavy (non-hydrogen) atoms. The van der Waals surface area contributed by atoms with Gasteiger partial charge in [-0.3, -0.25) is 14.9 Å². The molecule has 1 aromatic carbocycles. The van der Waals surface area contributed by atoms with Gasteiger partial charge in [0.2, 0.25) is 0 Å². The Labute approximate surface area is 145 Å². The average Bonchev–Trinajstić information content (AvgIpc) is 2.96. The number of benzene rings is 1. The lowest BCUT2D eigenvalue weighted by Crippen LogP contribution is -2.18. The molecule has 0 aliphatic rings. The van der Waals surface area contributed by atoms with E-state index in [1.165, 1.54) is 12.1 Å². The van der Waals surface area contributed by atoms with Crippen LogP contribution in [0.3, 0.4) is 0 Å². The zero-order valence-electron chi connectivity index (χ0n) is 10.3. The first-order valence-electron chi connectivity index (χ1n) is 5.72. The number of rotatable bonds is 5. The molecular weight excluding hydrogens is 474 g/mol. The molecule has 0 radical (unpaired) electrons. The molecule has 2 atom stereocenters. The number of alkyl halides is 2. The fourth-order valence-electron chi connectivity index (χ4n) is 1.64. The maximum Gasteiger partial charge on any atom is 0.433 e. The average molecular weight is 482 g/mol. The van der Waals surface area contributed by atoms with Gasteiger partial charge < -0.3 is 4.42 Å². The van der Waals surface area contributed by atoms with E-state index < -0.39 is 14.6 Å². The topological polar surface area (TPSA) is 73.3 Å². The fourth-order valence-corrected chi connectivity index (χ4v) is 2.91. The lowest BCUT2D eigenvalue weighted by molar-refractivity contribution is -0.402. The van der Waals surface area contributed by atoms with Gasteiger partial charge in [0.05, 0.1) is 15.7 Å². The molecule has 0 saturated carbocycles. The maximum absolute atomic E-state index is 12.3. The summed E-state index contributed by atoms with van der Waals surface area (Å²) in [4.78, 5) is 21.2. The van der Waals surface area contributed by atoms with Crippen molar-refractivity contribution >= 4 is 59.5 Å². The standard InChI is InChI=1S/C13H8Br3NO4/c14-8-3-1-7(2-4-8)13(18)12(16)11(15)9-5-6-10(21-9)17(19)20/h1-6,11-12H/t11-,12+/m1/s1. The molecule has 0 aliphatic heterocycles. The highest BCUT2D eigenvalue weighted by atomic mass is 79.9. The van der Waals surface area contributed by atoms with Gasteiger partial charge in [0.25, 0.3) is 0 Å². The van der Waals surface area contributed by atoms with E-state index >= 15 is 0 Å². The summed E-state index contributed by atoms with van der Waals surface area (Å²) in [6.45, 7) is 0. The summed E-state index contributed by atoms with van der Waals surface area (Å²) >= 11 is 9.94. The molecule has 0 aliphatic carbocycles. The molecule has 0 unspecified atom stereocenters. The summed E-state index contributed by atoms with van der Waals surface area (Å²) in [5, 5.41) is 10.6. The molecule has 0 spiro atoms. The van der Waals surface area contributed by atoms with Crippen LogP contribution < -0.4 is 0 Å². The fraction of sp³-hybridized carbons (Fsp3) is 0.154. The first kappa shape index (κ1) is 16.4. The summed E-state index contributed by atoms with van der Waals surface area (Å²) in [6.07, 6.45) is 0. The number of Topliss-reactive ketones (excluding diaryl/α,β-unsaturated/α-hetero) is 1. The summed E-state index contributed by atoms with van der Waals surface area (Å²) in [6, 6.07) is 9.67. The highest BCUT2D eigenvalue weighted by molar-refractivity contribution is 9.12. The Hall–Kier alpha value is -0.990. The summed E-state index contributed by atoms with van der Waals surface area (Å²) in [7, 11) is 0. The number of nitrogens with zero attached hydrogens (tertiary/aromatic N) is 1. The molecule has 0 bridgehead atoms. The van der Waals surface area contributed by atoms with Crippen LogP contribution in [0.25, 0.3) is 0 Å². The van der Waals surface area contributed by atoms with Crippen LogP contribution in [0.5, 0.6) is 0 Å². The summed E-state index contributed by atoms with van der Waals surface area (Å²) < 4.78 is 5.97. The SMILES string of the molecule is O=C(c1ccc(Br)cc1)[C@@H](Br)[C@H](Br)c1ccc([N+](=O)[O-])o1. The van der Waals surface area contributed by atoms with E-state index in [1.54, 1.807) is 24.3 Å². The molecule has 2 rings (SSSR count). The number of furan rings is 1.